The minimum absolute atomic E-state index is 0.0220. The monoisotopic (exact) mass is 536 g/mol. The van der Waals surface area contributed by atoms with Gasteiger partial charge in [-0.3, -0.25) is 5.43 Å². The van der Waals surface area contributed by atoms with Crippen LogP contribution in [0.5, 0.6) is 5.75 Å². The number of nitrogens with zero attached hydrogens (tertiary/aromatic N) is 2. The fraction of sp³-hybridized carbons (Fsp3) is 0.483. The first-order valence-corrected chi connectivity index (χ1v) is 16.8. The molecule has 0 radical (unpaired) electrons. The Morgan fingerprint density at radius 2 is 2.03 bits per heavy atom. The van der Waals surface area contributed by atoms with Gasteiger partial charge < -0.3 is 14.5 Å². The second-order valence-electron chi connectivity index (χ2n) is 11.5. The number of fused-ring (bicyclic) bond motifs is 1. The van der Waals surface area contributed by atoms with Crippen LogP contribution in [-0.4, -0.2) is 27.6 Å². The van der Waals surface area contributed by atoms with Gasteiger partial charge in [-0.1, -0.05) is 39.0 Å². The van der Waals surface area contributed by atoms with Crippen molar-refractivity contribution < 1.29 is 9.16 Å². The van der Waals surface area contributed by atoms with Crippen LogP contribution < -0.4 is 19.9 Å². The van der Waals surface area contributed by atoms with E-state index < -0.39 is 8.32 Å². The Labute approximate surface area is 227 Å². The summed E-state index contributed by atoms with van der Waals surface area (Å²) >= 11 is 1.65. The molecule has 8 heteroatoms. The van der Waals surface area contributed by atoms with Crippen molar-refractivity contribution in [3.8, 4) is 11.8 Å². The third kappa shape index (κ3) is 6.18. The Morgan fingerprint density at radius 1 is 1.24 bits per heavy atom. The van der Waals surface area contributed by atoms with Crippen LogP contribution in [0.15, 0.2) is 42.6 Å². The molecule has 0 saturated carbocycles. The molecule has 1 aliphatic carbocycles. The maximum absolute atomic E-state index is 9.61. The van der Waals surface area contributed by atoms with Crippen LogP contribution in [-0.2, 0) is 10.8 Å². The highest BCUT2D eigenvalue weighted by molar-refractivity contribution is 8.09. The summed E-state index contributed by atoms with van der Waals surface area (Å²) in [7, 11) is -1.72. The number of anilines is 1. The summed E-state index contributed by atoms with van der Waals surface area (Å²) < 4.78 is 14.1. The molecular formula is C29H40N4O2SSi. The molecule has 2 aromatic carbocycles. The zero-order valence-electron chi connectivity index (χ0n) is 23.1. The lowest BCUT2D eigenvalue weighted by molar-refractivity contribution is 0.242. The third-order valence-corrected chi connectivity index (χ3v) is 13.1. The van der Waals surface area contributed by atoms with E-state index in [1.165, 1.54) is 21.6 Å². The molecule has 0 spiro atoms. The quantitative estimate of drug-likeness (QED) is 0.205. The van der Waals surface area contributed by atoms with Gasteiger partial charge in [0.15, 0.2) is 8.32 Å². The summed E-state index contributed by atoms with van der Waals surface area (Å²) in [6.45, 7) is 17.0. The highest BCUT2D eigenvalue weighted by Gasteiger charge is 2.37. The summed E-state index contributed by atoms with van der Waals surface area (Å²) in [6, 6.07) is 15.0. The number of nitrogens with one attached hydrogen (secondary N) is 2. The Morgan fingerprint density at radius 3 is 2.73 bits per heavy atom. The molecule has 2 N–H and O–H groups in total. The molecular weight excluding hydrogens is 496 g/mol. The topological polar surface area (TPSA) is 69.6 Å². The number of benzene rings is 2. The van der Waals surface area contributed by atoms with Crippen LogP contribution in [0.4, 0.5) is 5.69 Å². The van der Waals surface area contributed by atoms with Crippen molar-refractivity contribution in [3.63, 3.8) is 0 Å². The first-order valence-electron chi connectivity index (χ1n) is 13.1. The number of rotatable bonds is 9. The van der Waals surface area contributed by atoms with E-state index in [9.17, 15) is 5.26 Å². The predicted octanol–water partition coefficient (Wildman–Crippen LogP) is 6.92. The molecule has 0 fully saturated rings. The van der Waals surface area contributed by atoms with E-state index in [1.54, 1.807) is 11.9 Å². The maximum atomic E-state index is 9.61. The molecule has 0 aromatic heterocycles. The van der Waals surface area contributed by atoms with Crippen LogP contribution in [0, 0.1) is 11.3 Å². The highest BCUT2D eigenvalue weighted by atomic mass is 32.2. The zero-order valence-corrected chi connectivity index (χ0v) is 25.0. The molecule has 198 valence electrons. The summed E-state index contributed by atoms with van der Waals surface area (Å²) in [4.78, 5) is 1.18. The molecule has 0 amide bonds. The van der Waals surface area contributed by atoms with Gasteiger partial charge in [-0.05, 0) is 79.7 Å². The number of nitriles is 1. The van der Waals surface area contributed by atoms with E-state index in [2.05, 4.69) is 75.1 Å². The molecule has 0 bridgehead atoms. The first-order chi connectivity index (χ1) is 17.5. The van der Waals surface area contributed by atoms with E-state index in [0.717, 1.165) is 31.7 Å². The average Bonchev–Trinajstić information content (AvgIpc) is 3.49. The number of ether oxygens (including phenoxy) is 1. The summed E-state index contributed by atoms with van der Waals surface area (Å²) in [5.74, 6) is 0.618. The number of hydrogen-bond donors (Lipinski definition) is 2. The molecule has 0 unspecified atom stereocenters. The van der Waals surface area contributed by atoms with Gasteiger partial charge in [0.1, 0.15) is 11.8 Å². The zero-order chi connectivity index (χ0) is 26.8. The predicted molar refractivity (Wildman–Crippen MR) is 157 cm³/mol. The maximum Gasteiger partial charge on any atom is 0.192 e. The minimum atomic E-state index is -1.72. The van der Waals surface area contributed by atoms with Gasteiger partial charge in [-0.15, -0.1) is 0 Å². The summed E-state index contributed by atoms with van der Waals surface area (Å²) in [6.07, 6.45) is 4.24. The van der Waals surface area contributed by atoms with E-state index in [1.807, 2.05) is 36.5 Å². The molecule has 1 heterocycles. The molecule has 37 heavy (non-hydrogen) atoms. The van der Waals surface area contributed by atoms with Crippen molar-refractivity contribution in [2.45, 2.75) is 77.7 Å². The second-order valence-corrected chi connectivity index (χ2v) is 17.3. The van der Waals surface area contributed by atoms with Crippen molar-refractivity contribution >= 4 is 30.9 Å². The van der Waals surface area contributed by atoms with Gasteiger partial charge in [0.25, 0.3) is 0 Å². The van der Waals surface area contributed by atoms with Crippen molar-refractivity contribution in [2.24, 2.45) is 0 Å². The van der Waals surface area contributed by atoms with E-state index in [0.29, 0.717) is 17.4 Å². The van der Waals surface area contributed by atoms with Crippen molar-refractivity contribution in [3.05, 3.63) is 64.9 Å². The average molecular weight is 537 g/mol. The van der Waals surface area contributed by atoms with Gasteiger partial charge in [0.2, 0.25) is 0 Å². The molecule has 2 aromatic rings. The van der Waals surface area contributed by atoms with E-state index in [-0.39, 0.29) is 11.1 Å². The summed E-state index contributed by atoms with van der Waals surface area (Å²) in [5, 5.41) is 13.6. The van der Waals surface area contributed by atoms with Gasteiger partial charge in [0, 0.05) is 37.3 Å². The molecule has 0 saturated heterocycles. The van der Waals surface area contributed by atoms with Crippen molar-refractivity contribution in [2.75, 3.05) is 17.6 Å². The summed E-state index contributed by atoms with van der Waals surface area (Å²) in [5.41, 5.74) is 8.90. The standard InChI is InChI=1S/C29H40N4O2SSi/c1-20(2)35-27-14-11-22(17-21(27)18-30)33-32-19-28(36-33)25-10-8-9-24-23(25)12-13-26(24)31-15-16-34-37(6,7)29(3,4)5/h8-11,14,17,19-20,26,31-32H,12-13,15-16H2,1-7H3/t26-/m1/s1. The van der Waals surface area contributed by atoms with Crippen LogP contribution in [0.1, 0.15) is 69.3 Å². The smallest absolute Gasteiger partial charge is 0.192 e. The van der Waals surface area contributed by atoms with Gasteiger partial charge in [-0.25, -0.2) is 4.41 Å². The molecule has 4 rings (SSSR count). The Bertz CT molecular complexity index is 1200. The van der Waals surface area contributed by atoms with Crippen molar-refractivity contribution in [1.82, 2.24) is 10.7 Å². The lowest BCUT2D eigenvalue weighted by Crippen LogP contribution is -2.42. The number of hydrazine groups is 1. The fourth-order valence-electron chi connectivity index (χ4n) is 4.46. The molecule has 1 atom stereocenters. The third-order valence-electron chi connectivity index (χ3n) is 7.48. The lowest BCUT2D eigenvalue weighted by atomic mass is 10.0. The number of hydrogen-bond acceptors (Lipinski definition) is 7. The first kappa shape index (κ1) is 27.6. The van der Waals surface area contributed by atoms with Gasteiger partial charge >= 0.3 is 0 Å². The van der Waals surface area contributed by atoms with Crippen LogP contribution in [0.2, 0.25) is 18.1 Å². The molecule has 6 nitrogen and oxygen atoms in total. The SMILES string of the molecule is CC(C)Oc1ccc(N2NC=C(c3cccc4c3CC[C@H]4NCCO[Si](C)(C)C(C)(C)C)S2)cc1C#N. The van der Waals surface area contributed by atoms with Crippen LogP contribution in [0.25, 0.3) is 4.91 Å². The van der Waals surface area contributed by atoms with E-state index >= 15 is 0 Å². The minimum Gasteiger partial charge on any atom is -0.490 e. The molecule has 2 aliphatic rings. The largest absolute Gasteiger partial charge is 0.490 e. The van der Waals surface area contributed by atoms with Gasteiger partial charge in [0.05, 0.1) is 22.3 Å². The highest BCUT2D eigenvalue weighted by Crippen LogP contribution is 2.43. The van der Waals surface area contributed by atoms with Crippen LogP contribution >= 0.6 is 11.9 Å². The molecule has 1 aliphatic heterocycles. The Hall–Kier alpha value is -2.44. The van der Waals surface area contributed by atoms with Crippen molar-refractivity contribution in [1.29, 1.82) is 5.26 Å². The second kappa shape index (κ2) is 11.1. The van der Waals surface area contributed by atoms with Crippen LogP contribution in [0.3, 0.4) is 0 Å². The lowest BCUT2D eigenvalue weighted by Gasteiger charge is -2.36. The Kier molecular flexibility index (Phi) is 8.29. The van der Waals surface area contributed by atoms with Gasteiger partial charge in [-0.2, -0.15) is 5.26 Å². The van der Waals surface area contributed by atoms with E-state index in [4.69, 9.17) is 9.16 Å². The fourth-order valence-corrected chi connectivity index (χ4v) is 6.43. The Balaban J connectivity index is 1.40. The normalized spacial score (nSPS) is 17.4.